The lowest BCUT2D eigenvalue weighted by Gasteiger charge is -2.29. The first-order valence-corrected chi connectivity index (χ1v) is 29.0. The molecule has 14 rings (SSSR count). The number of fused-ring (bicyclic) bond motifs is 2. The van der Waals surface area contributed by atoms with Crippen molar-refractivity contribution < 1.29 is 0 Å². The van der Waals surface area contributed by atoms with E-state index in [4.69, 9.17) is 11.5 Å². The predicted molar refractivity (Wildman–Crippen MR) is 365 cm³/mol. The van der Waals surface area contributed by atoms with Crippen molar-refractivity contribution in [3.8, 4) is 33.4 Å². The van der Waals surface area contributed by atoms with Gasteiger partial charge in [0.2, 0.25) is 0 Å². The van der Waals surface area contributed by atoms with Crippen LogP contribution in [-0.4, -0.2) is 0 Å². The van der Waals surface area contributed by atoms with Crippen molar-refractivity contribution in [2.75, 3.05) is 31.1 Å². The second kappa shape index (κ2) is 23.3. The molecule has 14 aromatic rings. The molecule has 14 aromatic carbocycles. The van der Waals surface area contributed by atoms with Crippen molar-refractivity contribution >= 4 is 101 Å². The van der Waals surface area contributed by atoms with Gasteiger partial charge in [0.1, 0.15) is 0 Å². The van der Waals surface area contributed by atoms with E-state index in [0.29, 0.717) is 0 Å². The van der Waals surface area contributed by atoms with Gasteiger partial charge in [-0.15, -0.1) is 0 Å². The van der Waals surface area contributed by atoms with Crippen LogP contribution in [-0.2, 0) is 0 Å². The van der Waals surface area contributed by atoms with Crippen molar-refractivity contribution in [1.82, 2.24) is 0 Å². The van der Waals surface area contributed by atoms with Gasteiger partial charge in [-0.2, -0.15) is 0 Å². The van der Waals surface area contributed by atoms with E-state index in [1.165, 1.54) is 32.7 Å². The molecule has 0 spiro atoms. The summed E-state index contributed by atoms with van der Waals surface area (Å²) < 4.78 is 0. The van der Waals surface area contributed by atoms with E-state index >= 15 is 0 Å². The van der Waals surface area contributed by atoms with Crippen LogP contribution in [0.1, 0.15) is 0 Å². The number of hydrogen-bond acceptors (Lipinski definition) is 6. The molecule has 0 saturated heterocycles. The maximum absolute atomic E-state index is 6.24. The van der Waals surface area contributed by atoms with Crippen LogP contribution in [0.25, 0.3) is 54.9 Å². The van der Waals surface area contributed by atoms with Gasteiger partial charge in [-0.1, -0.05) is 182 Å². The lowest BCUT2D eigenvalue weighted by Crippen LogP contribution is -2.12. The Kier molecular flexibility index (Phi) is 14.2. The van der Waals surface area contributed by atoms with Crippen LogP contribution in [0.2, 0.25) is 0 Å². The Bertz CT molecular complexity index is 4280. The maximum atomic E-state index is 6.24. The highest BCUT2D eigenvalue weighted by Crippen LogP contribution is 2.45. The quantitative estimate of drug-likeness (QED) is 0.0998. The zero-order valence-corrected chi connectivity index (χ0v) is 47.3. The molecule has 4 N–H and O–H groups in total. The van der Waals surface area contributed by atoms with Gasteiger partial charge >= 0.3 is 0 Å². The van der Waals surface area contributed by atoms with E-state index in [9.17, 15) is 0 Å². The third kappa shape index (κ3) is 10.6. The fraction of sp³-hybridized carbons (Fsp3) is 0. The predicted octanol–water partition coefficient (Wildman–Crippen LogP) is 22.0. The molecule has 0 fully saturated rings. The summed E-state index contributed by atoms with van der Waals surface area (Å²) >= 11 is 0. The number of benzene rings is 14. The summed E-state index contributed by atoms with van der Waals surface area (Å²) in [5.41, 5.74) is 33.4. The monoisotopic (exact) mass is 1100 g/mol. The fourth-order valence-electron chi connectivity index (χ4n) is 11.8. The molecule has 0 atom stereocenters. The van der Waals surface area contributed by atoms with Crippen molar-refractivity contribution in [3.05, 3.63) is 340 Å². The minimum absolute atomic E-state index is 0.723. The van der Waals surface area contributed by atoms with Gasteiger partial charge in [0, 0.05) is 79.0 Å². The normalized spacial score (nSPS) is 11.1. The lowest BCUT2D eigenvalue weighted by atomic mass is 10.0. The van der Waals surface area contributed by atoms with E-state index in [0.717, 1.165) is 102 Å². The number of nitrogen functional groups attached to an aromatic ring is 2. The molecule has 0 aromatic heterocycles. The van der Waals surface area contributed by atoms with Gasteiger partial charge in [-0.25, -0.2) is 0 Å². The SMILES string of the molecule is Nc1ccc(N(c2ccc(N(c3ccc(-c4ccccc4)cc3)c3ccc(-c4ccc(N(c5ccc(-c6ccccc6)cc5)c5ccc(N(c6ccc(N)cc6)c6cccc7ccccc67)cc5)cc4)cc3)cc2)c2cccc3ccccc23)cc1. The molecule has 0 saturated carbocycles. The molecule has 0 radical (unpaired) electrons. The zero-order valence-electron chi connectivity index (χ0n) is 47.3. The van der Waals surface area contributed by atoms with Crippen LogP contribution in [0.3, 0.4) is 0 Å². The van der Waals surface area contributed by atoms with Crippen LogP contribution in [0, 0.1) is 0 Å². The molecule has 6 heteroatoms. The maximum Gasteiger partial charge on any atom is 0.0540 e. The third-order valence-electron chi connectivity index (χ3n) is 16.1. The highest BCUT2D eigenvalue weighted by atomic mass is 15.2. The van der Waals surface area contributed by atoms with Gasteiger partial charge in [-0.05, 0) is 202 Å². The molecular formula is C80H60N6. The smallest absolute Gasteiger partial charge is 0.0540 e. The van der Waals surface area contributed by atoms with Gasteiger partial charge in [0.15, 0.2) is 0 Å². The van der Waals surface area contributed by atoms with Gasteiger partial charge in [0.05, 0.1) is 11.4 Å². The van der Waals surface area contributed by atoms with Gasteiger partial charge in [-0.3, -0.25) is 0 Å². The minimum atomic E-state index is 0.723. The fourth-order valence-corrected chi connectivity index (χ4v) is 11.8. The summed E-state index contributed by atoms with van der Waals surface area (Å²) in [5, 5.41) is 4.69. The first-order chi connectivity index (χ1) is 42.5. The zero-order chi connectivity index (χ0) is 57.8. The summed E-state index contributed by atoms with van der Waals surface area (Å²) in [6.07, 6.45) is 0. The van der Waals surface area contributed by atoms with Gasteiger partial charge < -0.3 is 31.1 Å². The van der Waals surface area contributed by atoms with Crippen molar-refractivity contribution in [2.24, 2.45) is 0 Å². The van der Waals surface area contributed by atoms with Gasteiger partial charge in [0.25, 0.3) is 0 Å². The third-order valence-corrected chi connectivity index (χ3v) is 16.1. The van der Waals surface area contributed by atoms with Crippen molar-refractivity contribution in [1.29, 1.82) is 0 Å². The van der Waals surface area contributed by atoms with E-state index in [-0.39, 0.29) is 0 Å². The van der Waals surface area contributed by atoms with E-state index in [1.54, 1.807) is 0 Å². The molecule has 0 heterocycles. The first kappa shape index (κ1) is 52.5. The lowest BCUT2D eigenvalue weighted by molar-refractivity contribution is 1.26. The number of nitrogens with zero attached hydrogens (tertiary/aromatic N) is 4. The van der Waals surface area contributed by atoms with Crippen molar-refractivity contribution in [3.63, 3.8) is 0 Å². The summed E-state index contributed by atoms with van der Waals surface area (Å²) in [6, 6.07) is 121. The average Bonchev–Trinajstić information content (AvgIpc) is 2.59. The Hall–Kier alpha value is -11.6. The molecule has 0 unspecified atom stereocenters. The molecule has 410 valence electrons. The highest BCUT2D eigenvalue weighted by Gasteiger charge is 2.21. The Labute approximate surface area is 502 Å². The summed E-state index contributed by atoms with van der Waals surface area (Å²) in [6.45, 7) is 0. The van der Waals surface area contributed by atoms with E-state index < -0.39 is 0 Å². The van der Waals surface area contributed by atoms with E-state index in [2.05, 4.69) is 335 Å². The second-order valence-electron chi connectivity index (χ2n) is 21.5. The molecular weight excluding hydrogens is 1040 g/mol. The first-order valence-electron chi connectivity index (χ1n) is 29.0. The topological polar surface area (TPSA) is 65.0 Å². The van der Waals surface area contributed by atoms with Crippen LogP contribution >= 0.6 is 0 Å². The summed E-state index contributed by atoms with van der Waals surface area (Å²) in [4.78, 5) is 9.29. The molecule has 0 amide bonds. The van der Waals surface area contributed by atoms with Crippen LogP contribution in [0.5, 0.6) is 0 Å². The molecule has 0 aliphatic rings. The molecule has 0 bridgehead atoms. The Morgan fingerprint density at radius 3 is 0.663 bits per heavy atom. The van der Waals surface area contributed by atoms with Crippen molar-refractivity contribution in [2.45, 2.75) is 0 Å². The molecule has 0 aliphatic carbocycles. The minimum Gasteiger partial charge on any atom is -0.399 e. The molecule has 0 aliphatic heterocycles. The largest absolute Gasteiger partial charge is 0.399 e. The Morgan fingerprint density at radius 1 is 0.163 bits per heavy atom. The standard InChI is InChI=1S/C80H60N6/c81-65-33-45-73(46-34-65)85(79-23-11-19-63-17-7-9-21-77(63)79)75-53-49-71(50-54-75)83(67-37-25-59(26-38-67)57-13-3-1-4-14-57)69-41-29-61(30-42-69)62-31-43-70(44-32-62)84(68-39-27-60(28-40-68)58-15-5-2-6-16-58)72-51-55-76(56-52-72)86(74-47-35-66(82)36-48-74)80-24-12-20-64-18-8-10-22-78(64)80/h1-56H,81-82H2. The highest BCUT2D eigenvalue weighted by molar-refractivity contribution is 6.01. The number of nitrogens with two attached hydrogens (primary N) is 2. The number of anilines is 14. The number of hydrogen-bond donors (Lipinski definition) is 2. The molecule has 6 nitrogen and oxygen atoms in total. The summed E-state index contributed by atoms with van der Waals surface area (Å²) in [5.74, 6) is 0. The van der Waals surface area contributed by atoms with E-state index in [1.807, 2.05) is 24.3 Å². The van der Waals surface area contributed by atoms with Crippen LogP contribution < -0.4 is 31.1 Å². The second-order valence-corrected chi connectivity index (χ2v) is 21.5. The number of rotatable bonds is 15. The Morgan fingerprint density at radius 2 is 0.372 bits per heavy atom. The average molecular weight is 1110 g/mol. The summed E-state index contributed by atoms with van der Waals surface area (Å²) in [7, 11) is 0. The molecule has 86 heavy (non-hydrogen) atoms. The van der Waals surface area contributed by atoms with Crippen LogP contribution in [0.4, 0.5) is 79.6 Å². The Balaban J connectivity index is 0.804. The van der Waals surface area contributed by atoms with Crippen LogP contribution in [0.15, 0.2) is 340 Å².